The van der Waals surface area contributed by atoms with Crippen molar-refractivity contribution in [1.82, 2.24) is 10.2 Å². The average Bonchev–Trinajstić information content (AvgIpc) is 2.44. The Labute approximate surface area is 97.6 Å². The lowest BCUT2D eigenvalue weighted by molar-refractivity contribution is -0.126. The molecule has 0 spiro atoms. The van der Waals surface area contributed by atoms with Crippen LogP contribution in [0.15, 0.2) is 0 Å². The molecular weight excluding hydrogens is 202 g/mol. The lowest BCUT2D eigenvalue weighted by Gasteiger charge is -2.32. The van der Waals surface area contributed by atoms with E-state index in [1.54, 1.807) is 0 Å². The van der Waals surface area contributed by atoms with E-state index in [0.29, 0.717) is 19.0 Å². The van der Waals surface area contributed by atoms with Gasteiger partial charge >= 0.3 is 0 Å². The first-order valence-electron chi connectivity index (χ1n) is 6.07. The molecular formula is C12H21N3O. The van der Waals surface area contributed by atoms with Crippen LogP contribution in [0.2, 0.25) is 0 Å². The zero-order chi connectivity index (χ0) is 12.0. The van der Waals surface area contributed by atoms with Gasteiger partial charge in [-0.25, -0.2) is 0 Å². The topological polar surface area (TPSA) is 56.1 Å². The number of nitriles is 1. The predicted octanol–water partition coefficient (Wildman–Crippen LogP) is 1.28. The van der Waals surface area contributed by atoms with Crippen molar-refractivity contribution >= 4 is 5.91 Å². The molecule has 0 bridgehead atoms. The van der Waals surface area contributed by atoms with Crippen LogP contribution in [0.3, 0.4) is 0 Å². The second-order valence-corrected chi connectivity index (χ2v) is 4.54. The van der Waals surface area contributed by atoms with Gasteiger partial charge in [0, 0.05) is 25.6 Å². The van der Waals surface area contributed by atoms with Gasteiger partial charge in [0.05, 0.1) is 12.1 Å². The number of hydrogen-bond acceptors (Lipinski definition) is 3. The van der Waals surface area contributed by atoms with E-state index >= 15 is 0 Å². The third kappa shape index (κ3) is 3.49. The highest BCUT2D eigenvalue weighted by molar-refractivity contribution is 5.81. The molecule has 0 aliphatic carbocycles. The van der Waals surface area contributed by atoms with E-state index in [2.05, 4.69) is 30.1 Å². The van der Waals surface area contributed by atoms with Crippen molar-refractivity contribution in [2.24, 2.45) is 0 Å². The molecule has 1 N–H and O–H groups in total. The molecule has 1 aliphatic rings. The van der Waals surface area contributed by atoms with E-state index in [-0.39, 0.29) is 11.9 Å². The Hall–Kier alpha value is -1.08. The van der Waals surface area contributed by atoms with E-state index in [0.717, 1.165) is 25.8 Å². The quantitative estimate of drug-likeness (QED) is 0.781. The summed E-state index contributed by atoms with van der Waals surface area (Å²) in [5.41, 5.74) is 0. The Morgan fingerprint density at radius 3 is 2.94 bits per heavy atom. The summed E-state index contributed by atoms with van der Waals surface area (Å²) in [4.78, 5) is 14.0. The summed E-state index contributed by atoms with van der Waals surface area (Å²) < 4.78 is 0. The van der Waals surface area contributed by atoms with Crippen molar-refractivity contribution < 1.29 is 4.79 Å². The molecule has 0 aromatic rings. The highest BCUT2D eigenvalue weighted by Crippen LogP contribution is 2.15. The van der Waals surface area contributed by atoms with E-state index in [9.17, 15) is 4.79 Å². The van der Waals surface area contributed by atoms with Crippen LogP contribution >= 0.6 is 0 Å². The first kappa shape index (κ1) is 13.0. The monoisotopic (exact) mass is 223 g/mol. The number of nitrogens with one attached hydrogen (secondary N) is 1. The number of rotatable bonds is 4. The van der Waals surface area contributed by atoms with Gasteiger partial charge in [-0.15, -0.1) is 0 Å². The van der Waals surface area contributed by atoms with Crippen molar-refractivity contribution in [2.45, 2.75) is 51.6 Å². The number of nitrogens with zero attached hydrogens (tertiary/aromatic N) is 2. The Morgan fingerprint density at radius 1 is 1.56 bits per heavy atom. The number of amides is 1. The molecule has 0 radical (unpaired) electrons. The van der Waals surface area contributed by atoms with Crippen LogP contribution in [0, 0.1) is 11.3 Å². The van der Waals surface area contributed by atoms with Gasteiger partial charge in [-0.1, -0.05) is 0 Å². The normalized spacial score (nSPS) is 21.7. The molecule has 0 aromatic carbocycles. The van der Waals surface area contributed by atoms with Crippen LogP contribution < -0.4 is 5.32 Å². The van der Waals surface area contributed by atoms with Gasteiger partial charge in [-0.05, 0) is 33.1 Å². The second kappa shape index (κ2) is 6.49. The minimum Gasteiger partial charge on any atom is -0.355 e. The van der Waals surface area contributed by atoms with Crippen LogP contribution in [0.1, 0.15) is 39.5 Å². The molecule has 4 heteroatoms. The smallest absolute Gasteiger partial charge is 0.237 e. The fourth-order valence-corrected chi connectivity index (χ4v) is 2.19. The van der Waals surface area contributed by atoms with Gasteiger partial charge in [0.1, 0.15) is 0 Å². The predicted molar refractivity (Wildman–Crippen MR) is 62.7 cm³/mol. The third-order valence-electron chi connectivity index (χ3n) is 3.05. The lowest BCUT2D eigenvalue weighted by Crippen LogP contribution is -2.49. The van der Waals surface area contributed by atoms with Gasteiger partial charge in [0.15, 0.2) is 0 Å². The maximum absolute atomic E-state index is 11.9. The van der Waals surface area contributed by atoms with Crippen molar-refractivity contribution in [2.75, 3.05) is 13.1 Å². The molecule has 1 rings (SSSR count). The number of carbonyl (C=O) groups is 1. The van der Waals surface area contributed by atoms with Crippen molar-refractivity contribution in [1.29, 1.82) is 5.26 Å². The SMILES string of the molecule is CC(C)N(CCC#N)C1CCCCNC1=O. The first-order valence-corrected chi connectivity index (χ1v) is 6.07. The third-order valence-corrected chi connectivity index (χ3v) is 3.05. The van der Waals surface area contributed by atoms with Crippen LogP contribution in [-0.2, 0) is 4.79 Å². The maximum Gasteiger partial charge on any atom is 0.237 e. The number of carbonyl (C=O) groups excluding carboxylic acids is 1. The molecule has 1 saturated heterocycles. The fraction of sp³-hybridized carbons (Fsp3) is 0.833. The van der Waals surface area contributed by atoms with E-state index in [1.165, 1.54) is 0 Å². The van der Waals surface area contributed by atoms with Gasteiger partial charge < -0.3 is 5.32 Å². The molecule has 0 aromatic heterocycles. The van der Waals surface area contributed by atoms with Gasteiger partial charge in [0.2, 0.25) is 5.91 Å². The van der Waals surface area contributed by atoms with Crippen LogP contribution in [-0.4, -0.2) is 36.0 Å². The number of hydrogen-bond donors (Lipinski definition) is 1. The molecule has 1 amide bonds. The van der Waals surface area contributed by atoms with Crippen molar-refractivity contribution in [3.8, 4) is 6.07 Å². The average molecular weight is 223 g/mol. The zero-order valence-electron chi connectivity index (χ0n) is 10.2. The molecule has 1 aliphatic heterocycles. The maximum atomic E-state index is 11.9. The summed E-state index contributed by atoms with van der Waals surface area (Å²) in [5.74, 6) is 0.129. The molecule has 1 fully saturated rings. The Bertz CT molecular complexity index is 270. The summed E-state index contributed by atoms with van der Waals surface area (Å²) >= 11 is 0. The molecule has 16 heavy (non-hydrogen) atoms. The zero-order valence-corrected chi connectivity index (χ0v) is 10.2. The lowest BCUT2D eigenvalue weighted by atomic mass is 10.1. The van der Waals surface area contributed by atoms with Crippen LogP contribution in [0.25, 0.3) is 0 Å². The molecule has 1 atom stereocenters. The van der Waals surface area contributed by atoms with Crippen LogP contribution in [0.5, 0.6) is 0 Å². The first-order chi connectivity index (χ1) is 7.66. The largest absolute Gasteiger partial charge is 0.355 e. The van der Waals surface area contributed by atoms with E-state index < -0.39 is 0 Å². The fourth-order valence-electron chi connectivity index (χ4n) is 2.19. The minimum absolute atomic E-state index is 0.0455. The molecule has 4 nitrogen and oxygen atoms in total. The summed E-state index contributed by atoms with van der Waals surface area (Å²) in [6, 6.07) is 2.41. The molecule has 1 unspecified atom stereocenters. The van der Waals surface area contributed by atoms with Gasteiger partial charge in [0.25, 0.3) is 0 Å². The Morgan fingerprint density at radius 2 is 2.31 bits per heavy atom. The minimum atomic E-state index is -0.0455. The van der Waals surface area contributed by atoms with Crippen molar-refractivity contribution in [3.05, 3.63) is 0 Å². The Balaban J connectivity index is 2.67. The van der Waals surface area contributed by atoms with Gasteiger partial charge in [-0.3, -0.25) is 9.69 Å². The summed E-state index contributed by atoms with van der Waals surface area (Å²) in [6.45, 7) is 5.64. The van der Waals surface area contributed by atoms with Crippen LogP contribution in [0.4, 0.5) is 0 Å². The second-order valence-electron chi connectivity index (χ2n) is 4.54. The van der Waals surface area contributed by atoms with E-state index in [1.807, 2.05) is 0 Å². The molecule has 1 heterocycles. The highest BCUT2D eigenvalue weighted by atomic mass is 16.2. The van der Waals surface area contributed by atoms with Crippen molar-refractivity contribution in [3.63, 3.8) is 0 Å². The standard InChI is InChI=1S/C12H21N3O/c1-10(2)15(9-5-7-13)11-6-3-4-8-14-12(11)16/h10-11H,3-6,8-9H2,1-2H3,(H,14,16). The summed E-state index contributed by atoms with van der Waals surface area (Å²) in [7, 11) is 0. The van der Waals surface area contributed by atoms with Gasteiger partial charge in [-0.2, -0.15) is 5.26 Å². The Kier molecular flexibility index (Phi) is 5.27. The highest BCUT2D eigenvalue weighted by Gasteiger charge is 2.28. The molecule has 0 saturated carbocycles. The summed E-state index contributed by atoms with van der Waals surface area (Å²) in [5, 5.41) is 11.6. The molecule has 90 valence electrons. The van der Waals surface area contributed by atoms with E-state index in [4.69, 9.17) is 5.26 Å². The summed E-state index contributed by atoms with van der Waals surface area (Å²) in [6.07, 6.45) is 3.54.